The summed E-state index contributed by atoms with van der Waals surface area (Å²) in [5.41, 5.74) is 2.85. The van der Waals surface area contributed by atoms with Crippen LogP contribution in [-0.4, -0.2) is 32.5 Å². The second-order valence-electron chi connectivity index (χ2n) is 7.93. The summed E-state index contributed by atoms with van der Waals surface area (Å²) in [7, 11) is 0. The van der Waals surface area contributed by atoms with E-state index in [1.54, 1.807) is 12.1 Å². The molecule has 0 aliphatic rings. The number of benzene rings is 3. The maximum atomic E-state index is 13.1. The van der Waals surface area contributed by atoms with Crippen molar-refractivity contribution in [3.05, 3.63) is 102 Å². The van der Waals surface area contributed by atoms with Crippen LogP contribution in [0.1, 0.15) is 30.8 Å². The molecule has 8 heteroatoms. The number of hydrogen-bond acceptors (Lipinski definition) is 5. The molecule has 0 aliphatic carbocycles. The molecule has 35 heavy (non-hydrogen) atoms. The average molecular weight is 491 g/mol. The van der Waals surface area contributed by atoms with Crippen LogP contribution in [0.5, 0.6) is 5.75 Å². The molecule has 0 spiro atoms. The summed E-state index contributed by atoms with van der Waals surface area (Å²) in [6, 6.07) is 23.9. The van der Waals surface area contributed by atoms with Gasteiger partial charge in [-0.15, -0.1) is 10.2 Å². The second kappa shape index (κ2) is 11.7. The number of ether oxygens (including phenoxy) is 1. The van der Waals surface area contributed by atoms with Gasteiger partial charge in [-0.05, 0) is 61.4 Å². The molecule has 6 nitrogen and oxygen atoms in total. The van der Waals surface area contributed by atoms with Gasteiger partial charge >= 0.3 is 0 Å². The van der Waals surface area contributed by atoms with Crippen LogP contribution in [0.3, 0.4) is 0 Å². The Bertz CT molecular complexity index is 1240. The molecule has 1 N–H and O–H groups in total. The van der Waals surface area contributed by atoms with Gasteiger partial charge in [0.25, 0.3) is 0 Å². The van der Waals surface area contributed by atoms with Crippen molar-refractivity contribution < 1.29 is 13.9 Å². The summed E-state index contributed by atoms with van der Waals surface area (Å²) >= 11 is 1.34. The summed E-state index contributed by atoms with van der Waals surface area (Å²) in [4.78, 5) is 12.8. The van der Waals surface area contributed by atoms with E-state index in [-0.39, 0.29) is 11.7 Å². The summed E-state index contributed by atoms with van der Waals surface area (Å²) in [6.07, 6.45) is 0.604. The molecule has 3 aromatic carbocycles. The van der Waals surface area contributed by atoms with Crippen LogP contribution in [0.25, 0.3) is 5.69 Å². The van der Waals surface area contributed by atoms with Crippen molar-refractivity contribution in [2.75, 3.05) is 6.61 Å². The predicted octanol–water partition coefficient (Wildman–Crippen LogP) is 5.19. The third kappa shape index (κ3) is 6.48. The minimum atomic E-state index is -0.411. The normalized spacial score (nSPS) is 11.7. The van der Waals surface area contributed by atoms with Gasteiger partial charge in [-0.2, -0.15) is 0 Å². The third-order valence-electron chi connectivity index (χ3n) is 5.34. The van der Waals surface area contributed by atoms with Gasteiger partial charge in [-0.25, -0.2) is 4.39 Å². The topological polar surface area (TPSA) is 69.0 Å². The second-order valence-corrected chi connectivity index (χ2v) is 9.24. The zero-order valence-corrected chi connectivity index (χ0v) is 20.5. The molecule has 0 fully saturated rings. The first-order valence-electron chi connectivity index (χ1n) is 11.4. The first-order chi connectivity index (χ1) is 17.0. The van der Waals surface area contributed by atoms with Gasteiger partial charge in [-0.3, -0.25) is 9.36 Å². The lowest BCUT2D eigenvalue weighted by molar-refractivity contribution is -0.120. The number of carbonyl (C=O) groups is 1. The molecule has 1 atom stereocenters. The fourth-order valence-corrected chi connectivity index (χ4v) is 4.44. The molecule has 1 aromatic heterocycles. The van der Waals surface area contributed by atoms with Crippen molar-refractivity contribution in [3.8, 4) is 11.4 Å². The summed E-state index contributed by atoms with van der Waals surface area (Å²) < 4.78 is 20.7. The molecule has 0 saturated heterocycles. The Balaban J connectivity index is 1.53. The maximum Gasteiger partial charge on any atom is 0.233 e. The number of halogens is 1. The Morgan fingerprint density at radius 2 is 1.71 bits per heavy atom. The highest BCUT2D eigenvalue weighted by Crippen LogP contribution is 2.28. The van der Waals surface area contributed by atoms with Crippen molar-refractivity contribution in [1.29, 1.82) is 0 Å². The van der Waals surface area contributed by atoms with Crippen LogP contribution in [0.15, 0.2) is 84.0 Å². The number of hydrogen-bond donors (Lipinski definition) is 1. The standard InChI is InChI=1S/C27H27FN4O2S/c1-3-34-24-15-13-23(14-16-24)32-25(17-20-7-5-4-6-8-20)30-31-27(32)35-19(2)26(33)29-18-21-9-11-22(28)12-10-21/h4-16,19H,3,17-18H2,1-2H3,(H,29,33). The van der Waals surface area contributed by atoms with E-state index >= 15 is 0 Å². The van der Waals surface area contributed by atoms with E-state index in [4.69, 9.17) is 4.74 Å². The first kappa shape index (κ1) is 24.5. The van der Waals surface area contributed by atoms with Gasteiger partial charge in [-0.1, -0.05) is 54.2 Å². The quantitative estimate of drug-likeness (QED) is 0.310. The van der Waals surface area contributed by atoms with Crippen molar-refractivity contribution >= 4 is 17.7 Å². The van der Waals surface area contributed by atoms with Crippen molar-refractivity contribution in [2.45, 2.75) is 37.2 Å². The highest BCUT2D eigenvalue weighted by Gasteiger charge is 2.21. The summed E-state index contributed by atoms with van der Waals surface area (Å²) in [5.74, 6) is 1.13. The Labute approximate surface area is 208 Å². The Hall–Kier alpha value is -3.65. The van der Waals surface area contributed by atoms with Crippen LogP contribution in [0.4, 0.5) is 4.39 Å². The van der Waals surface area contributed by atoms with E-state index in [1.165, 1.54) is 23.9 Å². The largest absolute Gasteiger partial charge is 0.494 e. The lowest BCUT2D eigenvalue weighted by Gasteiger charge is -2.14. The van der Waals surface area contributed by atoms with Crippen LogP contribution >= 0.6 is 11.8 Å². The highest BCUT2D eigenvalue weighted by atomic mass is 32.2. The SMILES string of the molecule is CCOc1ccc(-n2c(Cc3ccccc3)nnc2SC(C)C(=O)NCc2ccc(F)cc2)cc1. The van der Waals surface area contributed by atoms with Crippen LogP contribution in [0, 0.1) is 5.82 Å². The molecule has 180 valence electrons. The minimum Gasteiger partial charge on any atom is -0.494 e. The number of thioether (sulfide) groups is 1. The van der Waals surface area contributed by atoms with Gasteiger partial charge < -0.3 is 10.1 Å². The van der Waals surface area contributed by atoms with E-state index in [1.807, 2.05) is 60.9 Å². The molecular formula is C27H27FN4O2S. The highest BCUT2D eigenvalue weighted by molar-refractivity contribution is 8.00. The predicted molar refractivity (Wildman–Crippen MR) is 135 cm³/mol. The molecule has 1 unspecified atom stereocenters. The summed E-state index contributed by atoms with van der Waals surface area (Å²) in [5, 5.41) is 12.0. The van der Waals surface area contributed by atoms with Crippen LogP contribution < -0.4 is 10.1 Å². The number of carbonyl (C=O) groups excluding carboxylic acids is 1. The molecule has 4 aromatic rings. The minimum absolute atomic E-state index is 0.134. The van der Waals surface area contributed by atoms with Gasteiger partial charge in [0, 0.05) is 18.7 Å². The van der Waals surface area contributed by atoms with Crippen LogP contribution in [0.2, 0.25) is 0 Å². The van der Waals surface area contributed by atoms with E-state index in [0.717, 1.165) is 28.4 Å². The molecular weight excluding hydrogens is 463 g/mol. The Morgan fingerprint density at radius 3 is 2.40 bits per heavy atom. The number of rotatable bonds is 10. The third-order valence-corrected chi connectivity index (χ3v) is 6.39. The number of nitrogens with one attached hydrogen (secondary N) is 1. The summed E-state index contributed by atoms with van der Waals surface area (Å²) in [6.45, 7) is 4.70. The van der Waals surface area contributed by atoms with Crippen molar-refractivity contribution in [3.63, 3.8) is 0 Å². The number of nitrogens with zero attached hydrogens (tertiary/aromatic N) is 3. The maximum absolute atomic E-state index is 13.1. The lowest BCUT2D eigenvalue weighted by atomic mass is 10.1. The zero-order valence-electron chi connectivity index (χ0n) is 19.6. The Kier molecular flexibility index (Phi) is 8.15. The lowest BCUT2D eigenvalue weighted by Crippen LogP contribution is -2.30. The number of aromatic nitrogens is 3. The zero-order chi connectivity index (χ0) is 24.6. The van der Waals surface area contributed by atoms with E-state index in [2.05, 4.69) is 27.6 Å². The van der Waals surface area contributed by atoms with E-state index in [0.29, 0.717) is 24.7 Å². The van der Waals surface area contributed by atoms with Crippen LogP contribution in [-0.2, 0) is 17.8 Å². The molecule has 0 saturated carbocycles. The van der Waals surface area contributed by atoms with Gasteiger partial charge in [0.15, 0.2) is 5.16 Å². The molecule has 1 heterocycles. The van der Waals surface area contributed by atoms with Gasteiger partial charge in [0.1, 0.15) is 17.4 Å². The van der Waals surface area contributed by atoms with Crippen molar-refractivity contribution in [1.82, 2.24) is 20.1 Å². The molecule has 0 bridgehead atoms. The van der Waals surface area contributed by atoms with Gasteiger partial charge in [0.05, 0.1) is 11.9 Å². The molecule has 4 rings (SSSR count). The van der Waals surface area contributed by atoms with E-state index < -0.39 is 5.25 Å². The average Bonchev–Trinajstić information content (AvgIpc) is 3.26. The van der Waals surface area contributed by atoms with E-state index in [9.17, 15) is 9.18 Å². The van der Waals surface area contributed by atoms with Crippen molar-refractivity contribution in [2.24, 2.45) is 0 Å². The fraction of sp³-hybridized carbons (Fsp3) is 0.222. The molecule has 0 aliphatic heterocycles. The molecule has 1 amide bonds. The van der Waals surface area contributed by atoms with Gasteiger partial charge in [0.2, 0.25) is 5.91 Å². The smallest absolute Gasteiger partial charge is 0.233 e. The number of amides is 1. The Morgan fingerprint density at radius 1 is 1.00 bits per heavy atom. The molecule has 0 radical (unpaired) electrons. The first-order valence-corrected chi connectivity index (χ1v) is 12.3. The monoisotopic (exact) mass is 490 g/mol. The fourth-order valence-electron chi connectivity index (χ4n) is 3.53.